The Hall–Kier alpha value is -1.00. The lowest BCUT2D eigenvalue weighted by molar-refractivity contribution is 0.416. The lowest BCUT2D eigenvalue weighted by Gasteiger charge is -2.31. The third-order valence-electron chi connectivity index (χ3n) is 3.36. The van der Waals surface area contributed by atoms with Crippen LogP contribution in [0.4, 0.5) is 0 Å². The molecule has 0 saturated carbocycles. The fourth-order valence-electron chi connectivity index (χ4n) is 2.19. The number of thioether (sulfide) groups is 1. The Morgan fingerprint density at radius 3 is 3.00 bits per heavy atom. The van der Waals surface area contributed by atoms with Crippen LogP contribution in [0, 0.1) is 11.8 Å². The van der Waals surface area contributed by atoms with Crippen LogP contribution in [0.5, 0.6) is 0 Å². The highest BCUT2D eigenvalue weighted by molar-refractivity contribution is 8.00. The van der Waals surface area contributed by atoms with E-state index in [9.17, 15) is 8.42 Å². The second-order valence-corrected chi connectivity index (χ2v) is 8.14. The molecule has 1 aromatic rings. The van der Waals surface area contributed by atoms with Gasteiger partial charge in [0.15, 0.2) is 0 Å². The molecular formula is C15H20N2O2S2. The van der Waals surface area contributed by atoms with E-state index >= 15 is 0 Å². The Bertz CT molecular complexity index is 647. The number of hydrogen-bond donors (Lipinski definition) is 1. The van der Waals surface area contributed by atoms with Gasteiger partial charge in [0, 0.05) is 29.7 Å². The molecule has 1 saturated heterocycles. The second kappa shape index (κ2) is 7.32. The van der Waals surface area contributed by atoms with Gasteiger partial charge in [-0.3, -0.25) is 0 Å². The molecule has 1 heterocycles. The van der Waals surface area contributed by atoms with Crippen molar-refractivity contribution in [2.75, 3.05) is 25.4 Å². The van der Waals surface area contributed by atoms with Crippen molar-refractivity contribution in [3.8, 4) is 11.8 Å². The van der Waals surface area contributed by atoms with Crippen molar-refractivity contribution < 1.29 is 8.42 Å². The highest BCUT2D eigenvalue weighted by atomic mass is 32.2. The molecule has 1 aromatic carbocycles. The third kappa shape index (κ3) is 4.01. The Labute approximate surface area is 131 Å². The van der Waals surface area contributed by atoms with E-state index in [1.54, 1.807) is 28.6 Å². The highest BCUT2D eigenvalue weighted by Gasteiger charge is 2.29. The molecule has 0 aliphatic carbocycles. The van der Waals surface area contributed by atoms with E-state index in [1.807, 2.05) is 11.8 Å². The molecule has 0 spiro atoms. The Kier molecular flexibility index (Phi) is 5.71. The number of nitrogens with two attached hydrogens (primary N) is 1. The molecule has 114 valence electrons. The SMILES string of the molecule is CCC1CN(S(=O)(=O)c2cccc(C#CCN)c2)CCS1. The average molecular weight is 324 g/mol. The van der Waals surface area contributed by atoms with Crippen LogP contribution < -0.4 is 5.73 Å². The van der Waals surface area contributed by atoms with Crippen LogP contribution in [0.1, 0.15) is 18.9 Å². The van der Waals surface area contributed by atoms with Gasteiger partial charge in [-0.05, 0) is 24.6 Å². The van der Waals surface area contributed by atoms with Gasteiger partial charge in [-0.1, -0.05) is 24.8 Å². The second-order valence-electron chi connectivity index (χ2n) is 4.80. The number of sulfonamides is 1. The summed E-state index contributed by atoms with van der Waals surface area (Å²) in [5.41, 5.74) is 6.03. The van der Waals surface area contributed by atoms with Gasteiger partial charge >= 0.3 is 0 Å². The molecule has 1 aliphatic rings. The fourth-order valence-corrected chi connectivity index (χ4v) is 5.12. The number of hydrogen-bond acceptors (Lipinski definition) is 4. The average Bonchev–Trinajstić information content (AvgIpc) is 2.53. The van der Waals surface area contributed by atoms with E-state index in [0.29, 0.717) is 28.8 Å². The molecule has 0 aromatic heterocycles. The summed E-state index contributed by atoms with van der Waals surface area (Å²) in [7, 11) is -3.43. The first-order chi connectivity index (χ1) is 10.1. The molecular weight excluding hydrogens is 304 g/mol. The fraction of sp³-hybridized carbons (Fsp3) is 0.467. The largest absolute Gasteiger partial charge is 0.320 e. The van der Waals surface area contributed by atoms with Gasteiger partial charge in [-0.25, -0.2) is 8.42 Å². The molecule has 0 bridgehead atoms. The molecule has 0 radical (unpaired) electrons. The first-order valence-corrected chi connectivity index (χ1v) is 9.47. The number of nitrogens with zero attached hydrogens (tertiary/aromatic N) is 1. The Morgan fingerprint density at radius 2 is 2.29 bits per heavy atom. The quantitative estimate of drug-likeness (QED) is 0.856. The van der Waals surface area contributed by atoms with E-state index in [2.05, 4.69) is 18.8 Å². The standard InChI is InChI=1S/C15H20N2O2S2/c1-2-14-12-17(9-10-20-14)21(18,19)15-7-3-5-13(11-15)6-4-8-16/h3,5,7,11,14H,2,8-10,12,16H2,1H3. The first-order valence-electron chi connectivity index (χ1n) is 6.98. The lowest BCUT2D eigenvalue weighted by Crippen LogP contribution is -2.41. The van der Waals surface area contributed by atoms with Crippen LogP contribution in [0.2, 0.25) is 0 Å². The maximum Gasteiger partial charge on any atom is 0.243 e. The lowest BCUT2D eigenvalue weighted by atomic mass is 10.2. The summed E-state index contributed by atoms with van der Waals surface area (Å²) in [6.07, 6.45) is 0.985. The molecule has 2 N–H and O–H groups in total. The maximum absolute atomic E-state index is 12.7. The van der Waals surface area contributed by atoms with Crippen LogP contribution in [0.15, 0.2) is 29.2 Å². The number of benzene rings is 1. The predicted octanol–water partition coefficient (Wildman–Crippen LogP) is 1.51. The monoisotopic (exact) mass is 324 g/mol. The van der Waals surface area contributed by atoms with Crippen molar-refractivity contribution >= 4 is 21.8 Å². The van der Waals surface area contributed by atoms with Crippen molar-refractivity contribution in [2.24, 2.45) is 5.73 Å². The molecule has 21 heavy (non-hydrogen) atoms. The van der Waals surface area contributed by atoms with Crippen LogP contribution in [0.25, 0.3) is 0 Å². The van der Waals surface area contributed by atoms with E-state index in [0.717, 1.165) is 12.2 Å². The normalized spacial score (nSPS) is 19.8. The van der Waals surface area contributed by atoms with Gasteiger partial charge in [0.2, 0.25) is 10.0 Å². The minimum Gasteiger partial charge on any atom is -0.320 e. The summed E-state index contributed by atoms with van der Waals surface area (Å²) in [6, 6.07) is 6.78. The summed E-state index contributed by atoms with van der Waals surface area (Å²) < 4.78 is 27.0. The molecule has 2 rings (SSSR count). The summed E-state index contributed by atoms with van der Waals surface area (Å²) in [5, 5.41) is 0.383. The summed E-state index contributed by atoms with van der Waals surface area (Å²) in [4.78, 5) is 0.313. The van der Waals surface area contributed by atoms with E-state index < -0.39 is 10.0 Å². The summed E-state index contributed by atoms with van der Waals surface area (Å²) in [5.74, 6) is 6.47. The van der Waals surface area contributed by atoms with Gasteiger partial charge in [0.05, 0.1) is 11.4 Å². The molecule has 1 fully saturated rings. The van der Waals surface area contributed by atoms with Crippen molar-refractivity contribution in [1.82, 2.24) is 4.31 Å². The first kappa shape index (κ1) is 16.4. The molecule has 1 unspecified atom stereocenters. The smallest absolute Gasteiger partial charge is 0.243 e. The third-order valence-corrected chi connectivity index (χ3v) is 6.60. The van der Waals surface area contributed by atoms with Gasteiger partial charge in [-0.15, -0.1) is 0 Å². The van der Waals surface area contributed by atoms with Crippen LogP contribution in [-0.4, -0.2) is 43.4 Å². The Balaban J connectivity index is 2.26. The van der Waals surface area contributed by atoms with Crippen LogP contribution in [-0.2, 0) is 10.0 Å². The minimum atomic E-state index is -3.43. The van der Waals surface area contributed by atoms with Crippen LogP contribution >= 0.6 is 11.8 Å². The topological polar surface area (TPSA) is 63.4 Å². The van der Waals surface area contributed by atoms with Gasteiger partial charge in [0.25, 0.3) is 0 Å². The number of rotatable bonds is 3. The molecule has 0 amide bonds. The molecule has 1 aliphatic heterocycles. The summed E-state index contributed by atoms with van der Waals surface area (Å²) in [6.45, 7) is 3.51. The highest BCUT2D eigenvalue weighted by Crippen LogP contribution is 2.26. The minimum absolute atomic E-state index is 0.262. The van der Waals surface area contributed by atoms with E-state index in [-0.39, 0.29) is 6.54 Å². The van der Waals surface area contributed by atoms with E-state index in [1.165, 1.54) is 0 Å². The van der Waals surface area contributed by atoms with Crippen molar-refractivity contribution in [2.45, 2.75) is 23.5 Å². The van der Waals surface area contributed by atoms with Crippen molar-refractivity contribution in [1.29, 1.82) is 0 Å². The van der Waals surface area contributed by atoms with Gasteiger partial charge in [0.1, 0.15) is 0 Å². The van der Waals surface area contributed by atoms with Crippen molar-refractivity contribution in [3.63, 3.8) is 0 Å². The molecule has 6 heteroatoms. The van der Waals surface area contributed by atoms with Gasteiger partial charge < -0.3 is 5.73 Å². The molecule has 1 atom stereocenters. The Morgan fingerprint density at radius 1 is 1.48 bits per heavy atom. The van der Waals surface area contributed by atoms with Gasteiger partial charge in [-0.2, -0.15) is 16.1 Å². The predicted molar refractivity (Wildman–Crippen MR) is 87.7 cm³/mol. The summed E-state index contributed by atoms with van der Waals surface area (Å²) >= 11 is 1.85. The zero-order chi connectivity index (χ0) is 15.3. The zero-order valence-electron chi connectivity index (χ0n) is 12.1. The zero-order valence-corrected chi connectivity index (χ0v) is 13.7. The van der Waals surface area contributed by atoms with E-state index in [4.69, 9.17) is 5.73 Å². The van der Waals surface area contributed by atoms with Crippen molar-refractivity contribution in [3.05, 3.63) is 29.8 Å². The molecule has 4 nitrogen and oxygen atoms in total. The maximum atomic E-state index is 12.7. The van der Waals surface area contributed by atoms with Crippen LogP contribution in [0.3, 0.4) is 0 Å².